The summed E-state index contributed by atoms with van der Waals surface area (Å²) in [7, 11) is 1.60. The van der Waals surface area contributed by atoms with Crippen molar-refractivity contribution in [2.24, 2.45) is 0 Å². The lowest BCUT2D eigenvalue weighted by Gasteiger charge is -2.03. The molecule has 0 bridgehead atoms. The van der Waals surface area contributed by atoms with E-state index in [0.29, 0.717) is 5.88 Å². The number of ether oxygens (including phenoxy) is 1. The van der Waals surface area contributed by atoms with Crippen LogP contribution in [0.4, 0.5) is 0 Å². The fraction of sp³-hybridized carbons (Fsp3) is 0.0833. The zero-order chi connectivity index (χ0) is 11.7. The molecule has 3 aromatic heterocycles. The minimum absolute atomic E-state index is 0.589. The van der Waals surface area contributed by atoms with E-state index in [-0.39, 0.29) is 0 Å². The maximum absolute atomic E-state index is 5.11. The van der Waals surface area contributed by atoms with E-state index in [1.165, 1.54) is 0 Å². The van der Waals surface area contributed by atoms with Crippen molar-refractivity contribution >= 4 is 5.65 Å². The van der Waals surface area contributed by atoms with Crippen molar-refractivity contribution in [3.8, 4) is 17.3 Å². The maximum atomic E-state index is 5.11. The highest BCUT2D eigenvalue weighted by molar-refractivity contribution is 5.59. The van der Waals surface area contributed by atoms with Crippen LogP contribution >= 0.6 is 0 Å². The van der Waals surface area contributed by atoms with Crippen LogP contribution in [0.2, 0.25) is 0 Å². The molecular formula is C12H10N4O. The van der Waals surface area contributed by atoms with Gasteiger partial charge in [0, 0.05) is 18.5 Å². The summed E-state index contributed by atoms with van der Waals surface area (Å²) in [6.45, 7) is 0. The lowest BCUT2D eigenvalue weighted by atomic mass is 10.3. The van der Waals surface area contributed by atoms with Crippen LogP contribution in [0, 0.1) is 0 Å². The lowest BCUT2D eigenvalue weighted by molar-refractivity contribution is 0.398. The summed E-state index contributed by atoms with van der Waals surface area (Å²) in [6.07, 6.45) is 7.07. The molecule has 5 nitrogen and oxygen atoms in total. The Bertz CT molecular complexity index is 662. The van der Waals surface area contributed by atoms with Crippen molar-refractivity contribution in [1.29, 1.82) is 0 Å². The number of hydrogen-bond donors (Lipinski definition) is 0. The van der Waals surface area contributed by atoms with Gasteiger partial charge in [-0.3, -0.25) is 9.38 Å². The number of pyridine rings is 1. The van der Waals surface area contributed by atoms with Crippen molar-refractivity contribution in [2.75, 3.05) is 7.11 Å². The molecule has 0 radical (unpaired) electrons. The van der Waals surface area contributed by atoms with E-state index in [0.717, 1.165) is 17.0 Å². The van der Waals surface area contributed by atoms with Gasteiger partial charge in [0.25, 0.3) is 0 Å². The van der Waals surface area contributed by atoms with Crippen molar-refractivity contribution < 1.29 is 4.74 Å². The van der Waals surface area contributed by atoms with E-state index < -0.39 is 0 Å². The Morgan fingerprint density at radius 3 is 3.06 bits per heavy atom. The third kappa shape index (κ3) is 1.61. The normalized spacial score (nSPS) is 10.6. The van der Waals surface area contributed by atoms with Crippen LogP contribution in [0.25, 0.3) is 17.0 Å². The fourth-order valence-corrected chi connectivity index (χ4v) is 1.70. The maximum Gasteiger partial charge on any atom is 0.213 e. The van der Waals surface area contributed by atoms with Gasteiger partial charge in [-0.25, -0.2) is 9.97 Å². The lowest BCUT2D eigenvalue weighted by Crippen LogP contribution is -1.93. The molecule has 3 heterocycles. The molecule has 0 amide bonds. The van der Waals surface area contributed by atoms with Crippen LogP contribution < -0.4 is 4.74 Å². The summed E-state index contributed by atoms with van der Waals surface area (Å²) in [4.78, 5) is 12.7. The Labute approximate surface area is 97.7 Å². The number of rotatable bonds is 2. The summed E-state index contributed by atoms with van der Waals surface area (Å²) < 4.78 is 7.05. The summed E-state index contributed by atoms with van der Waals surface area (Å²) in [5.74, 6) is 0.589. The van der Waals surface area contributed by atoms with Gasteiger partial charge in [0.2, 0.25) is 5.88 Å². The smallest absolute Gasteiger partial charge is 0.213 e. The highest BCUT2D eigenvalue weighted by Gasteiger charge is 2.07. The van der Waals surface area contributed by atoms with Gasteiger partial charge in [-0.05, 0) is 6.07 Å². The first-order valence-electron chi connectivity index (χ1n) is 5.17. The molecule has 0 N–H and O–H groups in total. The highest BCUT2D eigenvalue weighted by Crippen LogP contribution is 2.20. The van der Waals surface area contributed by atoms with Crippen LogP contribution in [-0.2, 0) is 0 Å². The Morgan fingerprint density at radius 2 is 2.18 bits per heavy atom. The number of imidazole rings is 1. The Balaban J connectivity index is 2.20. The molecule has 0 saturated carbocycles. The van der Waals surface area contributed by atoms with Crippen LogP contribution in [0.15, 0.2) is 43.0 Å². The van der Waals surface area contributed by atoms with Gasteiger partial charge in [0.15, 0.2) is 5.65 Å². The molecule has 0 unspecified atom stereocenters. The van der Waals surface area contributed by atoms with E-state index >= 15 is 0 Å². The molecule has 0 aromatic carbocycles. The van der Waals surface area contributed by atoms with E-state index in [1.54, 1.807) is 25.7 Å². The zero-order valence-corrected chi connectivity index (χ0v) is 9.24. The van der Waals surface area contributed by atoms with Gasteiger partial charge in [-0.15, -0.1) is 0 Å². The van der Waals surface area contributed by atoms with E-state index in [4.69, 9.17) is 4.74 Å². The second-order valence-corrected chi connectivity index (χ2v) is 3.51. The number of methoxy groups -OCH3 is 1. The average molecular weight is 226 g/mol. The molecule has 0 aliphatic heterocycles. The van der Waals surface area contributed by atoms with E-state index in [1.807, 2.05) is 28.8 Å². The molecule has 17 heavy (non-hydrogen) atoms. The van der Waals surface area contributed by atoms with Gasteiger partial charge >= 0.3 is 0 Å². The van der Waals surface area contributed by atoms with Crippen LogP contribution in [0.3, 0.4) is 0 Å². The van der Waals surface area contributed by atoms with Crippen molar-refractivity contribution in [2.45, 2.75) is 0 Å². The standard InChI is InChI=1S/C12H10N4O/c1-17-12-4-2-3-9(15-12)10-7-14-11-8-13-5-6-16(10)11/h2-8H,1H3. The summed E-state index contributed by atoms with van der Waals surface area (Å²) in [6, 6.07) is 5.64. The molecule has 84 valence electrons. The Hall–Kier alpha value is -2.43. The third-order valence-corrected chi connectivity index (χ3v) is 2.51. The second kappa shape index (κ2) is 3.86. The van der Waals surface area contributed by atoms with Gasteiger partial charge < -0.3 is 4.74 Å². The van der Waals surface area contributed by atoms with E-state index in [9.17, 15) is 0 Å². The first kappa shape index (κ1) is 9.77. The average Bonchev–Trinajstić information content (AvgIpc) is 2.82. The molecule has 0 aliphatic carbocycles. The molecule has 0 fully saturated rings. The number of fused-ring (bicyclic) bond motifs is 1. The van der Waals surface area contributed by atoms with Crippen molar-refractivity contribution in [3.63, 3.8) is 0 Å². The molecule has 0 spiro atoms. The Kier molecular flexibility index (Phi) is 2.22. The van der Waals surface area contributed by atoms with Gasteiger partial charge in [-0.2, -0.15) is 0 Å². The summed E-state index contributed by atoms with van der Waals surface area (Å²) in [5.41, 5.74) is 2.54. The third-order valence-electron chi connectivity index (χ3n) is 2.51. The van der Waals surface area contributed by atoms with Gasteiger partial charge in [0.1, 0.15) is 0 Å². The molecule has 0 aliphatic rings. The highest BCUT2D eigenvalue weighted by atomic mass is 16.5. The SMILES string of the molecule is COc1cccc(-c2cnc3cnccn23)n1. The van der Waals surface area contributed by atoms with Crippen LogP contribution in [-0.4, -0.2) is 26.5 Å². The molecule has 3 aromatic rings. The molecule has 3 rings (SSSR count). The molecule has 0 saturated heterocycles. The van der Waals surface area contributed by atoms with Crippen molar-refractivity contribution in [3.05, 3.63) is 43.0 Å². The molecule has 0 atom stereocenters. The number of aromatic nitrogens is 4. The largest absolute Gasteiger partial charge is 0.481 e. The first-order valence-corrected chi connectivity index (χ1v) is 5.17. The quantitative estimate of drug-likeness (QED) is 0.668. The molecular weight excluding hydrogens is 216 g/mol. The van der Waals surface area contributed by atoms with Crippen LogP contribution in [0.5, 0.6) is 5.88 Å². The van der Waals surface area contributed by atoms with Gasteiger partial charge in [0.05, 0.1) is 30.9 Å². The predicted molar refractivity (Wildman–Crippen MR) is 62.8 cm³/mol. The summed E-state index contributed by atoms with van der Waals surface area (Å²) >= 11 is 0. The topological polar surface area (TPSA) is 52.3 Å². The summed E-state index contributed by atoms with van der Waals surface area (Å²) in [5, 5.41) is 0. The number of nitrogens with zero attached hydrogens (tertiary/aromatic N) is 4. The van der Waals surface area contributed by atoms with E-state index in [2.05, 4.69) is 15.0 Å². The monoisotopic (exact) mass is 226 g/mol. The fourth-order valence-electron chi connectivity index (χ4n) is 1.70. The van der Waals surface area contributed by atoms with Crippen LogP contribution in [0.1, 0.15) is 0 Å². The zero-order valence-electron chi connectivity index (χ0n) is 9.24. The van der Waals surface area contributed by atoms with Crippen molar-refractivity contribution in [1.82, 2.24) is 19.4 Å². The minimum atomic E-state index is 0.589. The Morgan fingerprint density at radius 1 is 1.24 bits per heavy atom. The number of hydrogen-bond acceptors (Lipinski definition) is 4. The molecule has 5 heteroatoms. The second-order valence-electron chi connectivity index (χ2n) is 3.51. The van der Waals surface area contributed by atoms with Gasteiger partial charge in [-0.1, -0.05) is 6.07 Å². The minimum Gasteiger partial charge on any atom is -0.481 e. The first-order chi connectivity index (χ1) is 8.38. The predicted octanol–water partition coefficient (Wildman–Crippen LogP) is 1.80.